The Morgan fingerprint density at radius 2 is 1.87 bits per heavy atom. The molecule has 0 bridgehead atoms. The second-order valence-corrected chi connectivity index (χ2v) is 6.43. The number of aliphatic imine (C=N–C) groups is 1. The second kappa shape index (κ2) is 5.63. The summed E-state index contributed by atoms with van der Waals surface area (Å²) in [5, 5.41) is 2.53. The predicted octanol–water partition coefficient (Wildman–Crippen LogP) is 4.53. The third-order valence-electron chi connectivity index (χ3n) is 4.16. The van der Waals surface area contributed by atoms with Gasteiger partial charge in [0.25, 0.3) is 0 Å². The molecule has 0 amide bonds. The van der Waals surface area contributed by atoms with Gasteiger partial charge < -0.3 is 10.6 Å². The van der Waals surface area contributed by atoms with Crippen LogP contribution in [0.2, 0.25) is 0 Å². The van der Waals surface area contributed by atoms with Crippen LogP contribution in [-0.2, 0) is 6.54 Å². The smallest absolute Gasteiger partial charge is 0.201 e. The Labute approximate surface area is 139 Å². The van der Waals surface area contributed by atoms with Crippen molar-refractivity contribution in [3.8, 4) is 0 Å². The van der Waals surface area contributed by atoms with E-state index in [-0.39, 0.29) is 0 Å². The predicted molar refractivity (Wildman–Crippen MR) is 99.6 cm³/mol. The lowest BCUT2D eigenvalue weighted by Gasteiger charge is -2.18. The van der Waals surface area contributed by atoms with Crippen LogP contribution in [-0.4, -0.2) is 12.2 Å². The van der Waals surface area contributed by atoms with Crippen molar-refractivity contribution in [3.05, 3.63) is 66.2 Å². The van der Waals surface area contributed by atoms with Gasteiger partial charge in [0.2, 0.25) is 5.96 Å². The van der Waals surface area contributed by atoms with Crippen LogP contribution in [0.25, 0.3) is 10.8 Å². The zero-order chi connectivity index (χ0) is 15.8. The number of thioether (sulfide) groups is 1. The van der Waals surface area contributed by atoms with Gasteiger partial charge >= 0.3 is 0 Å². The quantitative estimate of drug-likeness (QED) is 0.429. The van der Waals surface area contributed by atoms with Crippen molar-refractivity contribution >= 4 is 39.9 Å². The Morgan fingerprint density at radius 1 is 1.09 bits per heavy atom. The van der Waals surface area contributed by atoms with Gasteiger partial charge in [-0.15, -0.1) is 11.8 Å². The number of nitrogens with zero attached hydrogens (tertiary/aromatic N) is 2. The number of guanidine groups is 1. The molecule has 0 radical (unpaired) electrons. The maximum atomic E-state index is 6.33. The first-order valence-corrected chi connectivity index (χ1v) is 8.75. The molecule has 4 heteroatoms. The van der Waals surface area contributed by atoms with Crippen LogP contribution in [0.5, 0.6) is 0 Å². The van der Waals surface area contributed by atoms with Crippen LogP contribution in [0.15, 0.2) is 70.6 Å². The monoisotopic (exact) mass is 319 g/mol. The van der Waals surface area contributed by atoms with E-state index in [1.165, 1.54) is 21.2 Å². The van der Waals surface area contributed by atoms with Crippen LogP contribution in [0.4, 0.5) is 11.4 Å². The van der Waals surface area contributed by atoms with Gasteiger partial charge in [-0.3, -0.25) is 0 Å². The Kier molecular flexibility index (Phi) is 3.46. The Bertz CT molecular complexity index is 912. The molecule has 0 atom stereocenters. The fourth-order valence-corrected chi connectivity index (χ4v) is 3.54. The van der Waals surface area contributed by atoms with Gasteiger partial charge in [0.05, 0.1) is 17.9 Å². The van der Waals surface area contributed by atoms with Crippen LogP contribution >= 0.6 is 11.8 Å². The van der Waals surface area contributed by atoms with E-state index in [0.717, 1.165) is 17.9 Å². The summed E-state index contributed by atoms with van der Waals surface area (Å²) in [5.41, 5.74) is 9.65. The lowest BCUT2D eigenvalue weighted by Crippen LogP contribution is -2.34. The average molecular weight is 319 g/mol. The van der Waals surface area contributed by atoms with E-state index in [0.29, 0.717) is 5.96 Å². The molecule has 3 aromatic rings. The van der Waals surface area contributed by atoms with E-state index in [1.54, 1.807) is 11.8 Å². The summed E-state index contributed by atoms with van der Waals surface area (Å²) in [6.45, 7) is 0.772. The molecule has 4 rings (SSSR count). The molecule has 23 heavy (non-hydrogen) atoms. The van der Waals surface area contributed by atoms with Crippen molar-refractivity contribution in [3.63, 3.8) is 0 Å². The maximum absolute atomic E-state index is 6.33. The van der Waals surface area contributed by atoms with Gasteiger partial charge in [-0.05, 0) is 41.5 Å². The summed E-state index contributed by atoms with van der Waals surface area (Å²) in [5.74, 6) is 0.534. The van der Waals surface area contributed by atoms with Gasteiger partial charge in [-0.25, -0.2) is 4.99 Å². The van der Waals surface area contributed by atoms with Crippen molar-refractivity contribution < 1.29 is 0 Å². The van der Waals surface area contributed by atoms with Gasteiger partial charge in [0.1, 0.15) is 0 Å². The molecule has 1 aliphatic heterocycles. The topological polar surface area (TPSA) is 41.6 Å². The number of hydrogen-bond acceptors (Lipinski definition) is 2. The minimum Gasteiger partial charge on any atom is -0.369 e. The van der Waals surface area contributed by atoms with Crippen LogP contribution in [0.1, 0.15) is 5.56 Å². The molecule has 0 fully saturated rings. The van der Waals surface area contributed by atoms with Crippen molar-refractivity contribution in [2.75, 3.05) is 11.2 Å². The van der Waals surface area contributed by atoms with Crippen LogP contribution in [0.3, 0.4) is 0 Å². The summed E-state index contributed by atoms with van der Waals surface area (Å²) >= 11 is 1.70. The normalized spacial score (nSPS) is 13.8. The zero-order valence-corrected chi connectivity index (χ0v) is 13.7. The SMILES string of the molecule is CSc1cccc(N=C(N)N2Cc3cccc4cccc2c34)c1. The molecule has 0 saturated heterocycles. The largest absolute Gasteiger partial charge is 0.369 e. The zero-order valence-electron chi connectivity index (χ0n) is 12.9. The third kappa shape index (κ3) is 2.45. The number of benzene rings is 3. The molecule has 0 spiro atoms. The van der Waals surface area contributed by atoms with E-state index in [4.69, 9.17) is 5.73 Å². The average Bonchev–Trinajstić information content (AvgIpc) is 2.96. The molecule has 2 N–H and O–H groups in total. The van der Waals surface area contributed by atoms with E-state index in [9.17, 15) is 0 Å². The summed E-state index contributed by atoms with van der Waals surface area (Å²) < 4.78 is 0. The number of nitrogens with two attached hydrogens (primary N) is 1. The Balaban J connectivity index is 1.75. The highest BCUT2D eigenvalue weighted by molar-refractivity contribution is 7.98. The molecule has 0 aliphatic carbocycles. The van der Waals surface area contributed by atoms with Crippen molar-refractivity contribution in [2.45, 2.75) is 11.4 Å². The Hall–Kier alpha value is -2.46. The Morgan fingerprint density at radius 3 is 2.70 bits per heavy atom. The lowest BCUT2D eigenvalue weighted by atomic mass is 10.1. The first kappa shape index (κ1) is 14.2. The molecule has 3 aromatic carbocycles. The molecule has 0 saturated carbocycles. The second-order valence-electron chi connectivity index (χ2n) is 5.55. The summed E-state index contributed by atoms with van der Waals surface area (Å²) in [4.78, 5) is 7.90. The highest BCUT2D eigenvalue weighted by Crippen LogP contribution is 2.37. The molecular weight excluding hydrogens is 302 g/mol. The summed E-state index contributed by atoms with van der Waals surface area (Å²) in [7, 11) is 0. The molecule has 0 unspecified atom stereocenters. The first-order valence-electron chi connectivity index (χ1n) is 7.52. The molecule has 0 aromatic heterocycles. The van der Waals surface area contributed by atoms with E-state index >= 15 is 0 Å². The van der Waals surface area contributed by atoms with E-state index < -0.39 is 0 Å². The minimum absolute atomic E-state index is 0.534. The first-order chi connectivity index (χ1) is 11.3. The summed E-state index contributed by atoms with van der Waals surface area (Å²) in [6.07, 6.45) is 2.06. The minimum atomic E-state index is 0.534. The number of anilines is 1. The van der Waals surface area contributed by atoms with E-state index in [1.807, 2.05) is 12.1 Å². The van der Waals surface area contributed by atoms with Gasteiger partial charge in [0, 0.05) is 10.3 Å². The summed E-state index contributed by atoms with van der Waals surface area (Å²) in [6, 6.07) is 20.8. The van der Waals surface area contributed by atoms with Crippen LogP contribution in [0, 0.1) is 0 Å². The van der Waals surface area contributed by atoms with E-state index in [2.05, 4.69) is 64.7 Å². The van der Waals surface area contributed by atoms with Crippen molar-refractivity contribution in [2.24, 2.45) is 10.7 Å². The van der Waals surface area contributed by atoms with Crippen LogP contribution < -0.4 is 10.6 Å². The van der Waals surface area contributed by atoms with Gasteiger partial charge in [-0.2, -0.15) is 0 Å². The maximum Gasteiger partial charge on any atom is 0.201 e. The standard InChI is InChI=1S/C19H17N3S/c1-23-16-9-4-8-15(11-16)21-19(20)22-12-14-7-2-5-13-6-3-10-17(22)18(13)14/h2-11H,12H2,1H3,(H2,20,21). The molecule has 1 heterocycles. The third-order valence-corrected chi connectivity index (χ3v) is 4.89. The highest BCUT2D eigenvalue weighted by Gasteiger charge is 2.23. The fourth-order valence-electron chi connectivity index (χ4n) is 3.09. The van der Waals surface area contributed by atoms with Crippen molar-refractivity contribution in [1.29, 1.82) is 0 Å². The molecule has 114 valence electrons. The van der Waals surface area contributed by atoms with Gasteiger partial charge in [-0.1, -0.05) is 36.4 Å². The molecule has 3 nitrogen and oxygen atoms in total. The van der Waals surface area contributed by atoms with Gasteiger partial charge in [0.15, 0.2) is 0 Å². The molecule has 1 aliphatic rings. The fraction of sp³-hybridized carbons (Fsp3) is 0.105. The number of rotatable bonds is 2. The highest BCUT2D eigenvalue weighted by atomic mass is 32.2. The number of hydrogen-bond donors (Lipinski definition) is 1. The van der Waals surface area contributed by atoms with Crippen molar-refractivity contribution in [1.82, 2.24) is 0 Å². The lowest BCUT2D eigenvalue weighted by molar-refractivity contribution is 1.04. The molecular formula is C19H17N3S.